The quantitative estimate of drug-likeness (QED) is 0.887. The van der Waals surface area contributed by atoms with Crippen molar-refractivity contribution in [2.24, 2.45) is 0 Å². The number of rotatable bonds is 4. The van der Waals surface area contributed by atoms with E-state index in [2.05, 4.69) is 12.2 Å². The molecule has 0 aliphatic carbocycles. The molecule has 0 amide bonds. The minimum Gasteiger partial charge on any atom is -0.349 e. The summed E-state index contributed by atoms with van der Waals surface area (Å²) in [6, 6.07) is 4.25. The zero-order valence-electron chi connectivity index (χ0n) is 8.53. The molecule has 0 unspecified atom stereocenters. The zero-order chi connectivity index (χ0) is 10.7. The van der Waals surface area contributed by atoms with E-state index in [4.69, 9.17) is 21.1 Å². The number of hydrogen-bond acceptors (Lipinski definition) is 4. The third kappa shape index (κ3) is 3.16. The minimum absolute atomic E-state index is 0.0946. The molecule has 1 aliphatic heterocycles. The van der Waals surface area contributed by atoms with Gasteiger partial charge in [-0.3, -0.25) is 0 Å². The van der Waals surface area contributed by atoms with E-state index in [1.807, 2.05) is 12.1 Å². The fourth-order valence-corrected chi connectivity index (χ4v) is 2.55. The molecule has 1 aromatic rings. The Kier molecular flexibility index (Phi) is 3.99. The van der Waals surface area contributed by atoms with Gasteiger partial charge in [-0.05, 0) is 19.1 Å². The van der Waals surface area contributed by atoms with Crippen LogP contribution in [0.15, 0.2) is 12.1 Å². The molecule has 1 atom stereocenters. The van der Waals surface area contributed by atoms with Crippen LogP contribution in [0.2, 0.25) is 4.34 Å². The first-order valence-corrected chi connectivity index (χ1v) is 6.17. The summed E-state index contributed by atoms with van der Waals surface area (Å²) in [4.78, 5) is 1.23. The van der Waals surface area contributed by atoms with Crippen molar-refractivity contribution in [1.82, 2.24) is 5.32 Å². The van der Waals surface area contributed by atoms with Crippen LogP contribution >= 0.6 is 22.9 Å². The predicted octanol–water partition coefficient (Wildman–Crippen LogP) is 2.43. The molecule has 3 nitrogen and oxygen atoms in total. The van der Waals surface area contributed by atoms with Crippen LogP contribution in [0.1, 0.15) is 17.8 Å². The van der Waals surface area contributed by atoms with Crippen molar-refractivity contribution >= 4 is 22.9 Å². The van der Waals surface area contributed by atoms with Gasteiger partial charge in [-0.2, -0.15) is 0 Å². The Balaban J connectivity index is 1.79. The molecule has 1 N–H and O–H groups in total. The Morgan fingerprint density at radius 1 is 1.53 bits per heavy atom. The lowest BCUT2D eigenvalue weighted by Crippen LogP contribution is -2.29. The summed E-state index contributed by atoms with van der Waals surface area (Å²) >= 11 is 7.47. The Hall–Kier alpha value is -0.130. The van der Waals surface area contributed by atoms with E-state index in [0.29, 0.717) is 13.2 Å². The summed E-state index contributed by atoms with van der Waals surface area (Å²) in [7, 11) is 0. The maximum absolute atomic E-state index is 5.87. The van der Waals surface area contributed by atoms with Crippen molar-refractivity contribution in [2.45, 2.75) is 19.3 Å². The van der Waals surface area contributed by atoms with Gasteiger partial charge in [0.15, 0.2) is 6.29 Å². The number of nitrogens with one attached hydrogen (secondary N) is 1. The molecule has 84 valence electrons. The standard InChI is InChI=1S/C10H14ClNO2S/c1-7(8-2-3-9(11)15-8)12-6-10-13-4-5-14-10/h2-3,7,10,12H,4-6H2,1H3/t7-/m1/s1. The van der Waals surface area contributed by atoms with E-state index < -0.39 is 0 Å². The molecule has 2 rings (SSSR count). The monoisotopic (exact) mass is 247 g/mol. The number of ether oxygens (including phenoxy) is 2. The highest BCUT2D eigenvalue weighted by Crippen LogP contribution is 2.26. The van der Waals surface area contributed by atoms with Crippen LogP contribution in [0.4, 0.5) is 0 Å². The predicted molar refractivity (Wildman–Crippen MR) is 61.4 cm³/mol. The van der Waals surface area contributed by atoms with Crippen molar-refractivity contribution < 1.29 is 9.47 Å². The van der Waals surface area contributed by atoms with Gasteiger partial charge in [0.1, 0.15) is 0 Å². The maximum atomic E-state index is 5.87. The van der Waals surface area contributed by atoms with Crippen LogP contribution in [0, 0.1) is 0 Å². The molecule has 1 saturated heterocycles. The van der Waals surface area contributed by atoms with E-state index in [0.717, 1.165) is 10.9 Å². The Bertz CT molecular complexity index is 312. The molecule has 0 spiro atoms. The Morgan fingerprint density at radius 2 is 2.27 bits per heavy atom. The minimum atomic E-state index is -0.0946. The van der Waals surface area contributed by atoms with Gasteiger partial charge in [-0.25, -0.2) is 0 Å². The van der Waals surface area contributed by atoms with Crippen LogP contribution in [0.5, 0.6) is 0 Å². The van der Waals surface area contributed by atoms with Crippen LogP contribution in [-0.4, -0.2) is 26.0 Å². The molecular weight excluding hydrogens is 234 g/mol. The molecule has 2 heterocycles. The average molecular weight is 248 g/mol. The summed E-state index contributed by atoms with van der Waals surface area (Å²) in [5, 5.41) is 3.36. The van der Waals surface area contributed by atoms with Crippen molar-refractivity contribution in [1.29, 1.82) is 0 Å². The summed E-state index contributed by atoms with van der Waals surface area (Å²) in [6.07, 6.45) is -0.0946. The number of hydrogen-bond donors (Lipinski definition) is 1. The van der Waals surface area contributed by atoms with Gasteiger partial charge >= 0.3 is 0 Å². The van der Waals surface area contributed by atoms with Crippen molar-refractivity contribution in [3.8, 4) is 0 Å². The van der Waals surface area contributed by atoms with Crippen molar-refractivity contribution in [3.05, 3.63) is 21.3 Å². The van der Waals surface area contributed by atoms with Gasteiger partial charge in [0.25, 0.3) is 0 Å². The Morgan fingerprint density at radius 3 is 2.87 bits per heavy atom. The molecular formula is C10H14ClNO2S. The molecule has 0 radical (unpaired) electrons. The second kappa shape index (κ2) is 5.27. The molecule has 0 saturated carbocycles. The first-order chi connectivity index (χ1) is 7.25. The first kappa shape index (κ1) is 11.4. The number of halogens is 1. The lowest BCUT2D eigenvalue weighted by Gasteiger charge is -2.15. The van der Waals surface area contributed by atoms with Crippen LogP contribution in [0.3, 0.4) is 0 Å². The molecule has 1 aromatic heterocycles. The van der Waals surface area contributed by atoms with Gasteiger partial charge in [-0.1, -0.05) is 11.6 Å². The summed E-state index contributed by atoms with van der Waals surface area (Å²) in [5.74, 6) is 0. The van der Waals surface area contributed by atoms with Gasteiger partial charge < -0.3 is 14.8 Å². The van der Waals surface area contributed by atoms with E-state index in [9.17, 15) is 0 Å². The van der Waals surface area contributed by atoms with E-state index in [1.54, 1.807) is 11.3 Å². The zero-order valence-corrected chi connectivity index (χ0v) is 10.1. The van der Waals surface area contributed by atoms with E-state index in [1.165, 1.54) is 4.88 Å². The lowest BCUT2D eigenvalue weighted by molar-refractivity contribution is -0.0403. The molecule has 15 heavy (non-hydrogen) atoms. The largest absolute Gasteiger partial charge is 0.349 e. The highest BCUT2D eigenvalue weighted by molar-refractivity contribution is 7.16. The van der Waals surface area contributed by atoms with Crippen LogP contribution in [0.25, 0.3) is 0 Å². The van der Waals surface area contributed by atoms with Gasteiger partial charge in [0.05, 0.1) is 17.6 Å². The topological polar surface area (TPSA) is 30.5 Å². The summed E-state index contributed by atoms with van der Waals surface area (Å²) in [5.41, 5.74) is 0. The molecule has 1 aliphatic rings. The average Bonchev–Trinajstić information content (AvgIpc) is 2.84. The second-order valence-electron chi connectivity index (χ2n) is 3.44. The SMILES string of the molecule is C[C@@H](NCC1OCCO1)c1ccc(Cl)s1. The highest BCUT2D eigenvalue weighted by atomic mass is 35.5. The fourth-order valence-electron chi connectivity index (χ4n) is 1.46. The fraction of sp³-hybridized carbons (Fsp3) is 0.600. The Labute approximate surface area is 98.3 Å². The van der Waals surface area contributed by atoms with E-state index in [-0.39, 0.29) is 12.3 Å². The third-order valence-electron chi connectivity index (χ3n) is 2.30. The third-order valence-corrected chi connectivity index (χ3v) is 3.72. The molecule has 0 bridgehead atoms. The van der Waals surface area contributed by atoms with Crippen LogP contribution in [-0.2, 0) is 9.47 Å². The van der Waals surface area contributed by atoms with Gasteiger partial charge in [0.2, 0.25) is 0 Å². The lowest BCUT2D eigenvalue weighted by atomic mass is 10.3. The molecule has 5 heteroatoms. The smallest absolute Gasteiger partial charge is 0.170 e. The van der Waals surface area contributed by atoms with Gasteiger partial charge in [-0.15, -0.1) is 11.3 Å². The summed E-state index contributed by atoms with van der Waals surface area (Å²) < 4.78 is 11.5. The van der Waals surface area contributed by atoms with Crippen LogP contribution < -0.4 is 5.32 Å². The van der Waals surface area contributed by atoms with Crippen molar-refractivity contribution in [3.63, 3.8) is 0 Å². The van der Waals surface area contributed by atoms with Gasteiger partial charge in [0, 0.05) is 17.5 Å². The molecule has 1 fully saturated rings. The van der Waals surface area contributed by atoms with E-state index >= 15 is 0 Å². The highest BCUT2D eigenvalue weighted by Gasteiger charge is 2.17. The summed E-state index contributed by atoms with van der Waals surface area (Å²) in [6.45, 7) is 4.23. The van der Waals surface area contributed by atoms with Crippen molar-refractivity contribution in [2.75, 3.05) is 19.8 Å². The maximum Gasteiger partial charge on any atom is 0.170 e. The normalized spacial score (nSPS) is 19.6. The first-order valence-electron chi connectivity index (χ1n) is 4.97. The molecule has 0 aromatic carbocycles. The second-order valence-corrected chi connectivity index (χ2v) is 5.19. The number of thiophene rings is 1.